The first-order valence-corrected chi connectivity index (χ1v) is 11.3. The van der Waals surface area contributed by atoms with Crippen LogP contribution >= 0.6 is 0 Å². The normalized spacial score (nSPS) is 10.6. The zero-order chi connectivity index (χ0) is 24.8. The van der Waals surface area contributed by atoms with E-state index < -0.39 is 5.97 Å². The van der Waals surface area contributed by atoms with Crippen LogP contribution in [0.3, 0.4) is 0 Å². The summed E-state index contributed by atoms with van der Waals surface area (Å²) in [5, 5.41) is 20.6. The lowest BCUT2D eigenvalue weighted by Gasteiger charge is -2.16. The van der Waals surface area contributed by atoms with E-state index in [-0.39, 0.29) is 29.1 Å². The quantitative estimate of drug-likeness (QED) is 0.292. The molecule has 0 atom stereocenters. The van der Waals surface area contributed by atoms with Crippen LogP contribution < -0.4 is 4.74 Å². The van der Waals surface area contributed by atoms with Gasteiger partial charge >= 0.3 is 5.97 Å². The average Bonchev–Trinajstić information content (AvgIpc) is 2.82. The Labute approximate surface area is 200 Å². The molecule has 0 amide bonds. The third kappa shape index (κ3) is 5.54. The van der Waals surface area contributed by atoms with Crippen molar-refractivity contribution in [3.63, 3.8) is 0 Å². The average molecular weight is 459 g/mol. The molecule has 2 N–H and O–H groups in total. The molecule has 0 aromatic heterocycles. The minimum absolute atomic E-state index is 0.174. The summed E-state index contributed by atoms with van der Waals surface area (Å²) in [6.07, 6.45) is 2.98. The predicted molar refractivity (Wildman–Crippen MR) is 134 cm³/mol. The molecular weight excluding hydrogens is 428 g/mol. The van der Waals surface area contributed by atoms with Gasteiger partial charge in [-0.2, -0.15) is 0 Å². The van der Waals surface area contributed by atoms with Gasteiger partial charge in [0.2, 0.25) is 0 Å². The maximum absolute atomic E-state index is 13.2. The van der Waals surface area contributed by atoms with E-state index in [9.17, 15) is 19.8 Å². The van der Waals surface area contributed by atoms with Gasteiger partial charge in [-0.3, -0.25) is 4.79 Å². The van der Waals surface area contributed by atoms with Crippen molar-refractivity contribution in [3.05, 3.63) is 94.1 Å². The van der Waals surface area contributed by atoms with Gasteiger partial charge in [0.05, 0.1) is 7.11 Å². The number of benzene rings is 3. The van der Waals surface area contributed by atoms with Crippen molar-refractivity contribution < 1.29 is 24.5 Å². The molecule has 5 nitrogen and oxygen atoms in total. The van der Waals surface area contributed by atoms with Crippen molar-refractivity contribution in [3.8, 4) is 22.6 Å². The molecule has 3 aromatic carbocycles. The topological polar surface area (TPSA) is 83.8 Å². The molecule has 0 aliphatic carbocycles. The zero-order valence-electron chi connectivity index (χ0n) is 20.0. The van der Waals surface area contributed by atoms with Gasteiger partial charge in [0, 0.05) is 17.5 Å². The van der Waals surface area contributed by atoms with E-state index in [2.05, 4.69) is 19.1 Å². The maximum atomic E-state index is 13.2. The molecule has 0 radical (unpaired) electrons. The van der Waals surface area contributed by atoms with Crippen molar-refractivity contribution >= 4 is 11.8 Å². The van der Waals surface area contributed by atoms with E-state index in [4.69, 9.17) is 4.74 Å². The fourth-order valence-electron chi connectivity index (χ4n) is 3.88. The second-order valence-electron chi connectivity index (χ2n) is 8.46. The van der Waals surface area contributed by atoms with Crippen LogP contribution in [0.5, 0.6) is 11.5 Å². The molecule has 0 unspecified atom stereocenters. The van der Waals surface area contributed by atoms with E-state index in [1.807, 2.05) is 50.3 Å². The molecule has 0 heterocycles. The highest BCUT2D eigenvalue weighted by Gasteiger charge is 2.24. The number of aromatic hydroxyl groups is 1. The summed E-state index contributed by atoms with van der Waals surface area (Å²) in [5.74, 6) is -1.54. The van der Waals surface area contributed by atoms with E-state index in [1.54, 1.807) is 12.1 Å². The van der Waals surface area contributed by atoms with Crippen LogP contribution in [-0.4, -0.2) is 29.1 Å². The number of aromatic carboxylic acids is 1. The number of carbonyl (C=O) groups is 2. The number of carbonyl (C=O) groups excluding carboxylic acids is 1. The van der Waals surface area contributed by atoms with Crippen LogP contribution in [-0.2, 0) is 19.3 Å². The molecule has 34 heavy (non-hydrogen) atoms. The summed E-state index contributed by atoms with van der Waals surface area (Å²) >= 11 is 0. The number of methoxy groups -OCH3 is 1. The SMILES string of the molecule is CCc1ccc(-c2cccc(C(=O)Cc3cc(OC)c(CC=C(C)C)c(O)c3C(=O)O)c2)cc1. The molecule has 3 rings (SSSR count). The third-order valence-corrected chi connectivity index (χ3v) is 5.83. The monoisotopic (exact) mass is 458 g/mol. The van der Waals surface area contributed by atoms with Gasteiger partial charge in [-0.25, -0.2) is 4.79 Å². The van der Waals surface area contributed by atoms with Crippen LogP contribution in [0, 0.1) is 0 Å². The lowest BCUT2D eigenvalue weighted by Crippen LogP contribution is -2.11. The summed E-state index contributed by atoms with van der Waals surface area (Å²) < 4.78 is 5.42. The fraction of sp³-hybridized carbons (Fsp3) is 0.241. The number of hydrogen-bond acceptors (Lipinski definition) is 4. The minimum atomic E-state index is -1.29. The second-order valence-corrected chi connectivity index (χ2v) is 8.46. The summed E-state index contributed by atoms with van der Waals surface area (Å²) in [6.45, 7) is 5.93. The Morgan fingerprint density at radius 1 is 1.00 bits per heavy atom. The van der Waals surface area contributed by atoms with E-state index >= 15 is 0 Å². The number of carboxylic acid groups (broad SMARTS) is 1. The number of Topliss-reactive ketones (excluding diaryl/α,β-unsaturated/α-hetero) is 1. The van der Waals surface area contributed by atoms with Crippen molar-refractivity contribution in [2.45, 2.75) is 40.0 Å². The van der Waals surface area contributed by atoms with Gasteiger partial charge < -0.3 is 14.9 Å². The van der Waals surface area contributed by atoms with Gasteiger partial charge in [0.1, 0.15) is 17.1 Å². The van der Waals surface area contributed by atoms with Crippen molar-refractivity contribution in [2.24, 2.45) is 0 Å². The van der Waals surface area contributed by atoms with Crippen molar-refractivity contribution in [2.75, 3.05) is 7.11 Å². The van der Waals surface area contributed by atoms with Gasteiger partial charge in [-0.15, -0.1) is 0 Å². The molecule has 0 saturated heterocycles. The third-order valence-electron chi connectivity index (χ3n) is 5.83. The second kappa shape index (κ2) is 10.8. The Balaban J connectivity index is 1.97. The van der Waals surface area contributed by atoms with Crippen molar-refractivity contribution in [1.29, 1.82) is 0 Å². The first-order chi connectivity index (χ1) is 16.2. The van der Waals surface area contributed by atoms with Crippen LogP contribution in [0.2, 0.25) is 0 Å². The largest absolute Gasteiger partial charge is 0.507 e. The molecule has 0 spiro atoms. The lowest BCUT2D eigenvalue weighted by atomic mass is 9.93. The number of aryl methyl sites for hydroxylation is 1. The maximum Gasteiger partial charge on any atom is 0.339 e. The van der Waals surface area contributed by atoms with Gasteiger partial charge in [0.25, 0.3) is 0 Å². The number of rotatable bonds is 9. The molecule has 5 heteroatoms. The highest BCUT2D eigenvalue weighted by atomic mass is 16.5. The van der Waals surface area contributed by atoms with Crippen LogP contribution in [0.25, 0.3) is 11.1 Å². The zero-order valence-corrected chi connectivity index (χ0v) is 20.0. The highest BCUT2D eigenvalue weighted by molar-refractivity contribution is 6.01. The molecule has 0 aliphatic heterocycles. The van der Waals surface area contributed by atoms with Crippen LogP contribution in [0.15, 0.2) is 66.2 Å². The molecule has 0 fully saturated rings. The Bertz CT molecular complexity index is 1230. The summed E-state index contributed by atoms with van der Waals surface area (Å²) in [4.78, 5) is 25.2. The Morgan fingerprint density at radius 2 is 1.71 bits per heavy atom. The van der Waals surface area contributed by atoms with Crippen LogP contribution in [0.1, 0.15) is 58.2 Å². The minimum Gasteiger partial charge on any atom is -0.507 e. The Hall–Kier alpha value is -3.86. The summed E-state index contributed by atoms with van der Waals surface area (Å²) in [7, 11) is 1.46. The number of hydrogen-bond donors (Lipinski definition) is 2. The fourth-order valence-corrected chi connectivity index (χ4v) is 3.88. The van der Waals surface area contributed by atoms with E-state index in [0.29, 0.717) is 23.3 Å². The smallest absolute Gasteiger partial charge is 0.339 e. The van der Waals surface area contributed by atoms with Gasteiger partial charge in [-0.1, -0.05) is 61.0 Å². The molecule has 3 aromatic rings. The molecule has 0 aliphatic rings. The molecule has 0 bridgehead atoms. The number of phenols is 1. The predicted octanol–water partition coefficient (Wildman–Crippen LogP) is 6.26. The number of allylic oxidation sites excluding steroid dienone is 2. The van der Waals surface area contributed by atoms with Crippen LogP contribution in [0.4, 0.5) is 0 Å². The Kier molecular flexibility index (Phi) is 7.90. The standard InChI is InChI=1S/C29H30O5/c1-5-19-10-12-20(13-11-19)21-7-6-8-22(15-21)25(30)16-23-17-26(34-4)24(14-9-18(2)3)28(31)27(23)29(32)33/h6-13,15,17,31H,5,14,16H2,1-4H3,(H,32,33). The van der Waals surface area contributed by atoms with Gasteiger partial charge in [0.15, 0.2) is 5.78 Å². The number of ketones is 1. The van der Waals surface area contributed by atoms with Gasteiger partial charge in [-0.05, 0) is 61.1 Å². The van der Waals surface area contributed by atoms with Crippen molar-refractivity contribution in [1.82, 2.24) is 0 Å². The molecule has 176 valence electrons. The summed E-state index contributed by atoms with van der Waals surface area (Å²) in [6, 6.07) is 17.0. The molecular formula is C29H30O5. The van der Waals surface area contributed by atoms with E-state index in [0.717, 1.165) is 23.1 Å². The first-order valence-electron chi connectivity index (χ1n) is 11.3. The number of carboxylic acids is 1. The highest BCUT2D eigenvalue weighted by Crippen LogP contribution is 2.36. The molecule has 0 saturated carbocycles. The lowest BCUT2D eigenvalue weighted by molar-refractivity contribution is 0.0692. The first kappa shape index (κ1) is 24.8. The number of ether oxygens (including phenoxy) is 1. The van der Waals surface area contributed by atoms with E-state index in [1.165, 1.54) is 12.7 Å². The Morgan fingerprint density at radius 3 is 2.29 bits per heavy atom. The summed E-state index contributed by atoms with van der Waals surface area (Å²) in [5.41, 5.74) is 4.98.